The van der Waals surface area contributed by atoms with Gasteiger partial charge in [0.2, 0.25) is 5.91 Å². The molecular weight excluding hydrogens is 266 g/mol. The van der Waals surface area contributed by atoms with Gasteiger partial charge >= 0.3 is 0 Å². The molecular formula is C17H17NO3. The van der Waals surface area contributed by atoms with E-state index in [1.807, 2.05) is 25.1 Å². The van der Waals surface area contributed by atoms with Crippen LogP contribution < -0.4 is 10.1 Å². The van der Waals surface area contributed by atoms with E-state index in [1.165, 1.54) is 0 Å². The Balaban J connectivity index is 1.96. The quantitative estimate of drug-likeness (QED) is 0.677. The second-order valence-corrected chi connectivity index (χ2v) is 4.75. The summed E-state index contributed by atoms with van der Waals surface area (Å²) in [6, 6.07) is 14.2. The summed E-state index contributed by atoms with van der Waals surface area (Å²) < 4.78 is 5.03. The number of Topliss-reactive ketones (excluding diaryl/α,β-unsaturated/α-hetero) is 1. The highest BCUT2D eigenvalue weighted by Gasteiger charge is 2.12. The van der Waals surface area contributed by atoms with Crippen LogP contribution in [0.25, 0.3) is 0 Å². The number of anilines is 1. The fraction of sp³-hybridized carbons (Fsp3) is 0.176. The van der Waals surface area contributed by atoms with Crippen molar-refractivity contribution < 1.29 is 14.3 Å². The van der Waals surface area contributed by atoms with Gasteiger partial charge in [-0.2, -0.15) is 0 Å². The molecule has 0 saturated heterocycles. The maximum Gasteiger partial charge on any atom is 0.232 e. The molecule has 0 unspecified atom stereocenters. The summed E-state index contributed by atoms with van der Waals surface area (Å²) in [5.74, 6) is 0.139. The van der Waals surface area contributed by atoms with E-state index in [0.717, 1.165) is 5.56 Å². The van der Waals surface area contributed by atoms with Crippen LogP contribution in [0.3, 0.4) is 0 Å². The molecule has 0 heterocycles. The Morgan fingerprint density at radius 1 is 1.10 bits per heavy atom. The predicted octanol–water partition coefficient (Wildman–Crippen LogP) is 3.22. The van der Waals surface area contributed by atoms with Crippen molar-refractivity contribution in [2.24, 2.45) is 0 Å². The Morgan fingerprint density at radius 2 is 1.81 bits per heavy atom. The van der Waals surface area contributed by atoms with Crippen LogP contribution in [0.1, 0.15) is 22.3 Å². The first-order valence-electron chi connectivity index (χ1n) is 6.62. The molecule has 0 spiro atoms. The van der Waals surface area contributed by atoms with Crippen molar-refractivity contribution in [3.63, 3.8) is 0 Å². The molecule has 2 aromatic rings. The Bertz CT molecular complexity index is 647. The maximum atomic E-state index is 12.0. The van der Waals surface area contributed by atoms with Crippen LogP contribution >= 0.6 is 0 Å². The molecule has 108 valence electrons. The van der Waals surface area contributed by atoms with Crippen LogP contribution in [0.4, 0.5) is 5.69 Å². The van der Waals surface area contributed by atoms with E-state index >= 15 is 0 Å². The summed E-state index contributed by atoms with van der Waals surface area (Å²) in [5.41, 5.74) is 2.24. The number of amides is 1. The lowest BCUT2D eigenvalue weighted by Crippen LogP contribution is -2.16. The zero-order valence-electron chi connectivity index (χ0n) is 12.1. The van der Waals surface area contributed by atoms with Gasteiger partial charge in [0.1, 0.15) is 5.75 Å². The van der Waals surface area contributed by atoms with Gasteiger partial charge in [-0.25, -0.2) is 0 Å². The zero-order chi connectivity index (χ0) is 15.2. The second kappa shape index (κ2) is 6.70. The molecule has 0 radical (unpaired) electrons. The first-order chi connectivity index (χ1) is 10.1. The number of carbonyl (C=O) groups excluding carboxylic acids is 2. The maximum absolute atomic E-state index is 12.0. The van der Waals surface area contributed by atoms with E-state index in [1.54, 1.807) is 37.4 Å². The lowest BCUT2D eigenvalue weighted by atomic mass is 10.1. The topological polar surface area (TPSA) is 55.4 Å². The van der Waals surface area contributed by atoms with Crippen LogP contribution in [-0.4, -0.2) is 18.8 Å². The van der Waals surface area contributed by atoms with E-state index in [2.05, 4.69) is 5.32 Å². The number of ether oxygens (including phenoxy) is 1. The minimum Gasteiger partial charge on any atom is -0.497 e. The predicted molar refractivity (Wildman–Crippen MR) is 81.8 cm³/mol. The Hall–Kier alpha value is -2.62. The Labute approximate surface area is 123 Å². The van der Waals surface area contributed by atoms with Gasteiger partial charge in [0, 0.05) is 11.3 Å². The molecule has 1 N–H and O–H groups in total. The van der Waals surface area contributed by atoms with Gasteiger partial charge in [0.25, 0.3) is 0 Å². The molecule has 0 atom stereocenters. The average Bonchev–Trinajstić information content (AvgIpc) is 2.47. The van der Waals surface area contributed by atoms with Gasteiger partial charge < -0.3 is 10.1 Å². The van der Waals surface area contributed by atoms with Gasteiger partial charge in [-0.1, -0.05) is 12.1 Å². The third-order valence-electron chi connectivity index (χ3n) is 3.03. The molecule has 0 bridgehead atoms. The molecule has 4 heteroatoms. The summed E-state index contributed by atoms with van der Waals surface area (Å²) in [6.45, 7) is 1.94. The highest BCUT2D eigenvalue weighted by atomic mass is 16.5. The van der Waals surface area contributed by atoms with E-state index < -0.39 is 0 Å². The van der Waals surface area contributed by atoms with Crippen molar-refractivity contribution in [1.82, 2.24) is 0 Å². The Kier molecular flexibility index (Phi) is 4.72. The number of aryl methyl sites for hydroxylation is 1. The van der Waals surface area contributed by atoms with Gasteiger partial charge in [-0.05, 0) is 48.9 Å². The number of methoxy groups -OCH3 is 1. The van der Waals surface area contributed by atoms with Gasteiger partial charge in [-0.3, -0.25) is 9.59 Å². The van der Waals surface area contributed by atoms with Crippen molar-refractivity contribution in [3.05, 3.63) is 59.7 Å². The van der Waals surface area contributed by atoms with E-state index in [0.29, 0.717) is 17.0 Å². The normalized spacial score (nSPS) is 10.0. The van der Waals surface area contributed by atoms with E-state index in [9.17, 15) is 9.59 Å². The molecule has 2 aromatic carbocycles. The molecule has 1 amide bonds. The third-order valence-corrected chi connectivity index (χ3v) is 3.03. The molecule has 21 heavy (non-hydrogen) atoms. The number of benzene rings is 2. The van der Waals surface area contributed by atoms with Crippen molar-refractivity contribution in [1.29, 1.82) is 0 Å². The highest BCUT2D eigenvalue weighted by molar-refractivity contribution is 6.11. The number of rotatable bonds is 5. The van der Waals surface area contributed by atoms with Crippen LogP contribution in [0.15, 0.2) is 48.5 Å². The van der Waals surface area contributed by atoms with Crippen LogP contribution in [0.2, 0.25) is 0 Å². The lowest BCUT2D eigenvalue weighted by molar-refractivity contribution is -0.115. The summed E-state index contributed by atoms with van der Waals surface area (Å²) in [7, 11) is 1.56. The fourth-order valence-corrected chi connectivity index (χ4v) is 1.95. The number of hydrogen-bond acceptors (Lipinski definition) is 3. The molecule has 0 aliphatic rings. The monoisotopic (exact) mass is 283 g/mol. The fourth-order valence-electron chi connectivity index (χ4n) is 1.95. The summed E-state index contributed by atoms with van der Waals surface area (Å²) in [5, 5.41) is 2.72. The molecule has 0 saturated carbocycles. The number of ketones is 1. The Morgan fingerprint density at radius 3 is 2.43 bits per heavy atom. The number of nitrogens with one attached hydrogen (secondary N) is 1. The highest BCUT2D eigenvalue weighted by Crippen LogP contribution is 2.14. The summed E-state index contributed by atoms with van der Waals surface area (Å²) >= 11 is 0. The molecule has 2 rings (SSSR count). The molecule has 4 nitrogen and oxygen atoms in total. The third kappa shape index (κ3) is 4.18. The van der Waals surface area contributed by atoms with Crippen molar-refractivity contribution >= 4 is 17.4 Å². The second-order valence-electron chi connectivity index (χ2n) is 4.75. The smallest absolute Gasteiger partial charge is 0.232 e. The number of hydrogen-bond donors (Lipinski definition) is 1. The largest absolute Gasteiger partial charge is 0.497 e. The standard InChI is InChI=1S/C17H17NO3/c1-12-4-3-5-14(10-12)18-17(20)11-16(19)13-6-8-15(21-2)9-7-13/h3-10H,11H2,1-2H3,(H,18,20). The molecule has 0 fully saturated rings. The minimum atomic E-state index is -0.318. The van der Waals surface area contributed by atoms with Gasteiger partial charge in [0.05, 0.1) is 13.5 Å². The zero-order valence-corrected chi connectivity index (χ0v) is 12.1. The average molecular weight is 283 g/mol. The summed E-state index contributed by atoms with van der Waals surface area (Å²) in [4.78, 5) is 23.9. The van der Waals surface area contributed by atoms with Crippen molar-refractivity contribution in [3.8, 4) is 5.75 Å². The van der Waals surface area contributed by atoms with Crippen LogP contribution in [-0.2, 0) is 4.79 Å². The van der Waals surface area contributed by atoms with E-state index in [4.69, 9.17) is 4.74 Å². The SMILES string of the molecule is COc1ccc(C(=O)CC(=O)Nc2cccc(C)c2)cc1. The molecule has 0 aliphatic heterocycles. The number of carbonyl (C=O) groups is 2. The van der Waals surface area contributed by atoms with Crippen molar-refractivity contribution in [2.75, 3.05) is 12.4 Å². The van der Waals surface area contributed by atoms with E-state index in [-0.39, 0.29) is 18.1 Å². The van der Waals surface area contributed by atoms with Crippen molar-refractivity contribution in [2.45, 2.75) is 13.3 Å². The van der Waals surface area contributed by atoms with Gasteiger partial charge in [-0.15, -0.1) is 0 Å². The first kappa shape index (κ1) is 14.8. The molecule has 0 aromatic heterocycles. The van der Waals surface area contributed by atoms with Crippen LogP contribution in [0.5, 0.6) is 5.75 Å². The minimum absolute atomic E-state index is 0.180. The van der Waals surface area contributed by atoms with Crippen LogP contribution in [0, 0.1) is 6.92 Å². The first-order valence-corrected chi connectivity index (χ1v) is 6.62. The molecule has 0 aliphatic carbocycles. The summed E-state index contributed by atoms with van der Waals surface area (Å²) in [6.07, 6.45) is -0.180. The van der Waals surface area contributed by atoms with Gasteiger partial charge in [0.15, 0.2) is 5.78 Å². The lowest BCUT2D eigenvalue weighted by Gasteiger charge is -2.06.